The Hall–Kier alpha value is -2.33. The van der Waals surface area contributed by atoms with Gasteiger partial charge < -0.3 is 14.6 Å². The maximum Gasteiger partial charge on any atom is 0.429 e. The molecule has 3 rings (SSSR count). The van der Waals surface area contributed by atoms with Crippen LogP contribution >= 0.6 is 0 Å². The molecule has 25 heavy (non-hydrogen) atoms. The number of rotatable bonds is 3. The van der Waals surface area contributed by atoms with Gasteiger partial charge in [-0.2, -0.15) is 8.78 Å². The van der Waals surface area contributed by atoms with Gasteiger partial charge in [-0.05, 0) is 12.1 Å². The van der Waals surface area contributed by atoms with Crippen LogP contribution in [0.25, 0.3) is 0 Å². The second-order valence-corrected chi connectivity index (χ2v) is 7.33. The Labute approximate surface area is 139 Å². The third-order valence-corrected chi connectivity index (χ3v) is 4.57. The molecule has 0 spiro atoms. The molecule has 0 amide bonds. The van der Waals surface area contributed by atoms with E-state index in [1.54, 1.807) is 0 Å². The number of alkyl halides is 2. The standard InChI is InChI=1S/C15H10F4O5S/c1-25(21,22)11-3-2-10(13-12(11)14(20)15(18,19)24-13)23-9-5-7(16)4-8(17)6-9/h2-6,14,20H,1H3. The van der Waals surface area contributed by atoms with Gasteiger partial charge in [0.15, 0.2) is 27.4 Å². The molecule has 2 aromatic rings. The van der Waals surface area contributed by atoms with Crippen molar-refractivity contribution in [1.82, 2.24) is 0 Å². The summed E-state index contributed by atoms with van der Waals surface area (Å²) in [5.41, 5.74) is -0.679. The van der Waals surface area contributed by atoms with Crippen molar-refractivity contribution >= 4 is 9.84 Å². The highest BCUT2D eigenvalue weighted by Gasteiger charge is 2.53. The summed E-state index contributed by atoms with van der Waals surface area (Å²) in [4.78, 5) is -0.565. The maximum absolute atomic E-state index is 13.7. The molecule has 2 aromatic carbocycles. The zero-order valence-electron chi connectivity index (χ0n) is 12.5. The van der Waals surface area contributed by atoms with Gasteiger partial charge in [0, 0.05) is 24.5 Å². The molecule has 0 radical (unpaired) electrons. The SMILES string of the molecule is CS(=O)(=O)c1ccc(Oc2cc(F)cc(F)c2)c2c1C(O)C(F)(F)O2. The number of hydrogen-bond acceptors (Lipinski definition) is 5. The van der Waals surface area contributed by atoms with E-state index < -0.39 is 55.6 Å². The Balaban J connectivity index is 2.15. The molecule has 0 bridgehead atoms. The molecule has 1 atom stereocenters. The van der Waals surface area contributed by atoms with Crippen LogP contribution in [0.3, 0.4) is 0 Å². The highest BCUT2D eigenvalue weighted by molar-refractivity contribution is 7.90. The summed E-state index contributed by atoms with van der Waals surface area (Å²) in [5, 5.41) is 9.72. The lowest BCUT2D eigenvalue weighted by Crippen LogP contribution is -2.26. The summed E-state index contributed by atoms with van der Waals surface area (Å²) in [6.45, 7) is 0. The van der Waals surface area contributed by atoms with E-state index in [-0.39, 0.29) is 5.75 Å². The first-order valence-corrected chi connectivity index (χ1v) is 8.64. The number of halogens is 4. The Morgan fingerprint density at radius 3 is 2.32 bits per heavy atom. The fourth-order valence-electron chi connectivity index (χ4n) is 2.40. The lowest BCUT2D eigenvalue weighted by atomic mass is 10.1. The molecule has 1 aliphatic heterocycles. The number of benzene rings is 2. The summed E-state index contributed by atoms with van der Waals surface area (Å²) >= 11 is 0. The Bertz CT molecular complexity index is 938. The van der Waals surface area contributed by atoms with E-state index in [9.17, 15) is 31.1 Å². The lowest BCUT2D eigenvalue weighted by Gasteiger charge is -2.12. The molecule has 0 saturated carbocycles. The average Bonchev–Trinajstić information content (AvgIpc) is 2.68. The van der Waals surface area contributed by atoms with Crippen molar-refractivity contribution in [2.45, 2.75) is 17.1 Å². The van der Waals surface area contributed by atoms with Crippen LogP contribution in [0, 0.1) is 11.6 Å². The van der Waals surface area contributed by atoms with Gasteiger partial charge in [-0.25, -0.2) is 17.2 Å². The molecular formula is C15H10F4O5S. The largest absolute Gasteiger partial charge is 0.453 e. The molecule has 10 heteroatoms. The van der Waals surface area contributed by atoms with Crippen molar-refractivity contribution < 1.29 is 40.6 Å². The second-order valence-electron chi connectivity index (χ2n) is 5.35. The summed E-state index contributed by atoms with van der Waals surface area (Å²) in [7, 11) is -3.96. The van der Waals surface area contributed by atoms with Crippen molar-refractivity contribution in [1.29, 1.82) is 0 Å². The fraction of sp³-hybridized carbons (Fsp3) is 0.200. The zero-order chi connectivity index (χ0) is 18.6. The zero-order valence-corrected chi connectivity index (χ0v) is 13.3. The molecule has 1 aliphatic rings. The lowest BCUT2D eigenvalue weighted by molar-refractivity contribution is -0.224. The van der Waals surface area contributed by atoms with E-state index >= 15 is 0 Å². The van der Waals surface area contributed by atoms with E-state index in [1.165, 1.54) is 0 Å². The minimum absolute atomic E-state index is 0.361. The fourth-order valence-corrected chi connectivity index (χ4v) is 3.32. The molecule has 0 fully saturated rings. The van der Waals surface area contributed by atoms with Gasteiger partial charge in [-0.15, -0.1) is 0 Å². The highest BCUT2D eigenvalue weighted by atomic mass is 32.2. The first kappa shape index (κ1) is 17.5. The molecule has 134 valence electrons. The van der Waals surface area contributed by atoms with Crippen LogP contribution in [0.2, 0.25) is 0 Å². The van der Waals surface area contributed by atoms with E-state index in [0.29, 0.717) is 6.07 Å². The summed E-state index contributed by atoms with van der Waals surface area (Å²) in [6, 6.07) is 4.10. The monoisotopic (exact) mass is 378 g/mol. The number of aliphatic hydroxyl groups excluding tert-OH is 1. The average molecular weight is 378 g/mol. The van der Waals surface area contributed by atoms with Gasteiger partial charge in [0.05, 0.1) is 10.5 Å². The molecule has 0 aromatic heterocycles. The van der Waals surface area contributed by atoms with Crippen LogP contribution in [0.4, 0.5) is 17.6 Å². The van der Waals surface area contributed by atoms with Crippen LogP contribution in [0.1, 0.15) is 11.7 Å². The third kappa shape index (κ3) is 3.14. The molecule has 0 aliphatic carbocycles. The first-order chi connectivity index (χ1) is 11.5. The third-order valence-electron chi connectivity index (χ3n) is 3.41. The normalized spacial score (nSPS) is 18.6. The van der Waals surface area contributed by atoms with Crippen LogP contribution in [-0.4, -0.2) is 25.9 Å². The summed E-state index contributed by atoms with van der Waals surface area (Å²) < 4.78 is 86.9. The van der Waals surface area contributed by atoms with E-state index in [1.807, 2.05) is 0 Å². The Morgan fingerprint density at radius 2 is 1.76 bits per heavy atom. The van der Waals surface area contributed by atoms with Crippen molar-refractivity contribution in [2.24, 2.45) is 0 Å². The minimum Gasteiger partial charge on any atom is -0.453 e. The Kier molecular flexibility index (Phi) is 3.92. The van der Waals surface area contributed by atoms with Gasteiger partial charge in [-0.1, -0.05) is 0 Å². The van der Waals surface area contributed by atoms with E-state index in [4.69, 9.17) is 4.74 Å². The summed E-state index contributed by atoms with van der Waals surface area (Å²) in [6.07, 6.45) is -5.86. The molecule has 1 N–H and O–H groups in total. The van der Waals surface area contributed by atoms with Gasteiger partial charge in [0.2, 0.25) is 0 Å². The quantitative estimate of drug-likeness (QED) is 0.831. The molecule has 1 heterocycles. The highest BCUT2D eigenvalue weighted by Crippen LogP contribution is 2.52. The van der Waals surface area contributed by atoms with Crippen molar-refractivity contribution in [3.05, 3.63) is 47.5 Å². The predicted molar refractivity (Wildman–Crippen MR) is 76.5 cm³/mol. The van der Waals surface area contributed by atoms with E-state index in [0.717, 1.165) is 30.5 Å². The number of aliphatic hydroxyl groups is 1. The van der Waals surface area contributed by atoms with Gasteiger partial charge in [0.1, 0.15) is 17.4 Å². The van der Waals surface area contributed by atoms with Gasteiger partial charge in [0.25, 0.3) is 0 Å². The van der Waals surface area contributed by atoms with Crippen LogP contribution in [0.5, 0.6) is 17.2 Å². The first-order valence-electron chi connectivity index (χ1n) is 6.75. The second kappa shape index (κ2) is 5.60. The molecular weight excluding hydrogens is 368 g/mol. The van der Waals surface area contributed by atoms with Crippen LogP contribution in [0.15, 0.2) is 35.2 Å². The number of fused-ring (bicyclic) bond motifs is 1. The van der Waals surface area contributed by atoms with Crippen LogP contribution in [-0.2, 0) is 9.84 Å². The molecule has 0 saturated heterocycles. The van der Waals surface area contributed by atoms with Crippen molar-refractivity contribution in [2.75, 3.05) is 6.26 Å². The van der Waals surface area contributed by atoms with Gasteiger partial charge in [-0.3, -0.25) is 0 Å². The van der Waals surface area contributed by atoms with Crippen molar-refractivity contribution in [3.8, 4) is 17.2 Å². The molecule has 5 nitrogen and oxygen atoms in total. The Morgan fingerprint density at radius 1 is 1.16 bits per heavy atom. The van der Waals surface area contributed by atoms with E-state index in [2.05, 4.69) is 4.74 Å². The number of hydrogen-bond donors (Lipinski definition) is 1. The van der Waals surface area contributed by atoms with Gasteiger partial charge >= 0.3 is 6.11 Å². The van der Waals surface area contributed by atoms with Crippen molar-refractivity contribution in [3.63, 3.8) is 0 Å². The maximum atomic E-state index is 13.7. The number of ether oxygens (including phenoxy) is 2. The summed E-state index contributed by atoms with van der Waals surface area (Å²) in [5.74, 6) is -3.44. The molecule has 1 unspecified atom stereocenters. The van der Waals surface area contributed by atoms with Crippen LogP contribution < -0.4 is 9.47 Å². The minimum atomic E-state index is -4.09. The predicted octanol–water partition coefficient (Wildman–Crippen LogP) is 3.18. The number of sulfone groups is 1. The topological polar surface area (TPSA) is 72.8 Å². The smallest absolute Gasteiger partial charge is 0.429 e.